The van der Waals surface area contributed by atoms with Crippen LogP contribution >= 0.6 is 11.6 Å². The van der Waals surface area contributed by atoms with E-state index in [0.717, 1.165) is 11.3 Å². The minimum atomic E-state index is -0.649. The monoisotopic (exact) mass is 239 g/mol. The topological polar surface area (TPSA) is 41.5 Å². The van der Waals surface area contributed by atoms with Gasteiger partial charge in [-0.05, 0) is 19.1 Å². The first-order valence-electron chi connectivity index (χ1n) is 5.17. The highest BCUT2D eigenvalue weighted by Crippen LogP contribution is 2.33. The number of halogens is 1. The molecule has 1 aliphatic heterocycles. The average molecular weight is 240 g/mol. The van der Waals surface area contributed by atoms with Crippen molar-refractivity contribution in [2.45, 2.75) is 19.1 Å². The molecule has 1 heterocycles. The lowest BCUT2D eigenvalue weighted by atomic mass is 10.00. The van der Waals surface area contributed by atoms with Crippen molar-refractivity contribution in [1.29, 1.82) is 0 Å². The van der Waals surface area contributed by atoms with Crippen LogP contribution in [0.25, 0.3) is 0 Å². The third-order valence-electron chi connectivity index (χ3n) is 2.62. The van der Waals surface area contributed by atoms with Gasteiger partial charge in [-0.3, -0.25) is 0 Å². The van der Waals surface area contributed by atoms with Gasteiger partial charge >= 0.3 is 0 Å². The maximum absolute atomic E-state index is 9.12. The molecule has 0 aliphatic carbocycles. The van der Waals surface area contributed by atoms with Crippen molar-refractivity contribution in [3.8, 4) is 0 Å². The van der Waals surface area contributed by atoms with Crippen LogP contribution in [0.15, 0.2) is 36.2 Å². The highest BCUT2D eigenvalue weighted by Gasteiger charge is 2.36. The van der Waals surface area contributed by atoms with Crippen molar-refractivity contribution >= 4 is 11.6 Å². The van der Waals surface area contributed by atoms with Gasteiger partial charge in [-0.25, -0.2) is 0 Å². The molecule has 3 nitrogen and oxygen atoms in total. The lowest BCUT2D eigenvalue weighted by Gasteiger charge is -2.29. The Bertz CT molecular complexity index is 402. The van der Waals surface area contributed by atoms with Gasteiger partial charge in [0.15, 0.2) is 0 Å². The molecule has 2 rings (SSSR count). The average Bonchev–Trinajstić information content (AvgIpc) is 2.63. The van der Waals surface area contributed by atoms with Crippen LogP contribution in [0.1, 0.15) is 18.9 Å². The first kappa shape index (κ1) is 11.3. The number of hydrogen-bond donors (Lipinski definition) is 2. The van der Waals surface area contributed by atoms with Crippen molar-refractivity contribution < 1.29 is 9.84 Å². The van der Waals surface area contributed by atoms with Crippen molar-refractivity contribution in [1.82, 2.24) is 5.32 Å². The molecule has 0 bridgehead atoms. The number of rotatable bonds is 3. The third-order valence-corrected chi connectivity index (χ3v) is 2.87. The Morgan fingerprint density at radius 2 is 2.06 bits per heavy atom. The molecule has 0 fully saturated rings. The summed E-state index contributed by atoms with van der Waals surface area (Å²) in [5.74, 6) is 0.809. The largest absolute Gasteiger partial charge is 0.467 e. The number of aliphatic hydroxyl groups excluding tert-OH is 1. The molecule has 4 heteroatoms. The van der Waals surface area contributed by atoms with Crippen LogP contribution in [0.4, 0.5) is 0 Å². The SMILES string of the molecule is CC1=CNC(CCO)(c2ccc(Cl)cc2)O1. The Kier molecular flexibility index (Phi) is 3.08. The summed E-state index contributed by atoms with van der Waals surface area (Å²) in [6, 6.07) is 7.43. The molecule has 1 unspecified atom stereocenters. The Labute approximate surface area is 99.7 Å². The van der Waals surface area contributed by atoms with E-state index in [1.165, 1.54) is 0 Å². The predicted molar refractivity (Wildman–Crippen MR) is 62.8 cm³/mol. The van der Waals surface area contributed by atoms with Crippen molar-refractivity contribution in [2.75, 3.05) is 6.61 Å². The molecule has 1 aromatic rings. The smallest absolute Gasteiger partial charge is 0.208 e. The van der Waals surface area contributed by atoms with E-state index in [1.54, 1.807) is 0 Å². The maximum Gasteiger partial charge on any atom is 0.208 e. The van der Waals surface area contributed by atoms with Gasteiger partial charge in [-0.1, -0.05) is 23.7 Å². The summed E-state index contributed by atoms with van der Waals surface area (Å²) in [5.41, 5.74) is 0.308. The van der Waals surface area contributed by atoms with E-state index in [4.69, 9.17) is 21.4 Å². The van der Waals surface area contributed by atoms with Crippen LogP contribution in [0.5, 0.6) is 0 Å². The molecule has 0 saturated heterocycles. The van der Waals surface area contributed by atoms with E-state index in [2.05, 4.69) is 5.32 Å². The molecule has 86 valence electrons. The number of benzene rings is 1. The fourth-order valence-electron chi connectivity index (χ4n) is 1.84. The van der Waals surface area contributed by atoms with Crippen molar-refractivity contribution in [2.24, 2.45) is 0 Å². The first-order valence-corrected chi connectivity index (χ1v) is 5.54. The summed E-state index contributed by atoms with van der Waals surface area (Å²) >= 11 is 5.85. The maximum atomic E-state index is 9.12. The summed E-state index contributed by atoms with van der Waals surface area (Å²) in [6.45, 7) is 1.93. The normalized spacial score (nSPS) is 23.6. The molecule has 0 aromatic heterocycles. The second kappa shape index (κ2) is 4.36. The molecule has 0 saturated carbocycles. The van der Waals surface area contributed by atoms with Crippen LogP contribution in [-0.4, -0.2) is 11.7 Å². The van der Waals surface area contributed by atoms with Crippen LogP contribution in [0.3, 0.4) is 0 Å². The zero-order valence-corrected chi connectivity index (χ0v) is 9.79. The highest BCUT2D eigenvalue weighted by atomic mass is 35.5. The Morgan fingerprint density at radius 1 is 1.38 bits per heavy atom. The minimum Gasteiger partial charge on any atom is -0.467 e. The van der Waals surface area contributed by atoms with Crippen LogP contribution in [0, 0.1) is 0 Å². The number of hydrogen-bond acceptors (Lipinski definition) is 3. The second-order valence-electron chi connectivity index (χ2n) is 3.81. The van der Waals surface area contributed by atoms with E-state index in [-0.39, 0.29) is 6.61 Å². The fourth-order valence-corrected chi connectivity index (χ4v) is 1.96. The van der Waals surface area contributed by atoms with Crippen LogP contribution in [0.2, 0.25) is 5.02 Å². The molecule has 1 atom stereocenters. The van der Waals surface area contributed by atoms with Gasteiger partial charge < -0.3 is 15.2 Å². The third kappa shape index (κ3) is 2.01. The molecule has 0 amide bonds. The molecular formula is C12H14ClNO2. The second-order valence-corrected chi connectivity index (χ2v) is 4.25. The van der Waals surface area contributed by atoms with E-state index >= 15 is 0 Å². The summed E-state index contributed by atoms with van der Waals surface area (Å²) in [7, 11) is 0. The standard InChI is InChI=1S/C12H14ClNO2/c1-9-8-14-12(16-9,6-7-15)10-2-4-11(13)5-3-10/h2-5,8,14-15H,6-7H2,1H3. The van der Waals surface area contributed by atoms with Gasteiger partial charge in [0.1, 0.15) is 5.76 Å². The number of nitrogens with one attached hydrogen (secondary N) is 1. The number of allylic oxidation sites excluding steroid dienone is 1. The molecule has 16 heavy (non-hydrogen) atoms. The van der Waals surface area contributed by atoms with E-state index in [1.807, 2.05) is 37.4 Å². The summed E-state index contributed by atoms with van der Waals surface area (Å²) in [6.07, 6.45) is 2.30. The van der Waals surface area contributed by atoms with Gasteiger partial charge in [0.2, 0.25) is 5.72 Å². The quantitative estimate of drug-likeness (QED) is 0.851. The predicted octanol–water partition coefficient (Wildman–Crippen LogP) is 2.36. The first-order chi connectivity index (χ1) is 7.66. The van der Waals surface area contributed by atoms with Gasteiger partial charge in [0, 0.05) is 29.8 Å². The molecular weight excluding hydrogens is 226 g/mol. The summed E-state index contributed by atoms with van der Waals surface area (Å²) in [5, 5.41) is 13.0. The molecule has 1 aliphatic rings. The molecule has 2 N–H and O–H groups in total. The highest BCUT2D eigenvalue weighted by molar-refractivity contribution is 6.30. The fraction of sp³-hybridized carbons (Fsp3) is 0.333. The van der Waals surface area contributed by atoms with Crippen molar-refractivity contribution in [3.05, 3.63) is 46.8 Å². The Hall–Kier alpha value is -1.19. The van der Waals surface area contributed by atoms with Crippen molar-refractivity contribution in [3.63, 3.8) is 0 Å². The number of aliphatic hydroxyl groups is 1. The lowest BCUT2D eigenvalue weighted by Crippen LogP contribution is -2.38. The van der Waals surface area contributed by atoms with E-state index < -0.39 is 5.72 Å². The van der Waals surface area contributed by atoms with Crippen LogP contribution in [-0.2, 0) is 10.5 Å². The van der Waals surface area contributed by atoms with E-state index in [0.29, 0.717) is 11.4 Å². The molecule has 1 aromatic carbocycles. The molecule has 0 spiro atoms. The Balaban J connectivity index is 2.30. The van der Waals surface area contributed by atoms with Crippen LogP contribution < -0.4 is 5.32 Å². The zero-order chi connectivity index (χ0) is 11.6. The molecule has 0 radical (unpaired) electrons. The van der Waals surface area contributed by atoms with Gasteiger partial charge in [-0.15, -0.1) is 0 Å². The zero-order valence-electron chi connectivity index (χ0n) is 9.03. The summed E-state index contributed by atoms with van der Waals surface area (Å²) < 4.78 is 5.76. The van der Waals surface area contributed by atoms with E-state index in [9.17, 15) is 0 Å². The number of ether oxygens (including phenoxy) is 1. The minimum absolute atomic E-state index is 0.0523. The summed E-state index contributed by atoms with van der Waals surface area (Å²) in [4.78, 5) is 0. The van der Waals surface area contributed by atoms with Gasteiger partial charge in [0.25, 0.3) is 0 Å². The van der Waals surface area contributed by atoms with Gasteiger partial charge in [0.05, 0.1) is 0 Å². The van der Waals surface area contributed by atoms with Gasteiger partial charge in [-0.2, -0.15) is 0 Å². The Morgan fingerprint density at radius 3 is 2.56 bits per heavy atom. The lowest BCUT2D eigenvalue weighted by molar-refractivity contribution is -0.0165.